The van der Waals surface area contributed by atoms with Crippen molar-refractivity contribution in [3.63, 3.8) is 0 Å². The fourth-order valence-corrected chi connectivity index (χ4v) is 2.80. The maximum Gasteiger partial charge on any atom is 0.130 e. The van der Waals surface area contributed by atoms with Crippen LogP contribution in [0.25, 0.3) is 22.3 Å². The predicted molar refractivity (Wildman–Crippen MR) is 88.1 cm³/mol. The highest BCUT2D eigenvalue weighted by molar-refractivity contribution is 5.95. The van der Waals surface area contributed by atoms with Crippen LogP contribution < -0.4 is 4.90 Å². The quantitative estimate of drug-likeness (QED) is 0.732. The molecular weight excluding hydrogens is 290 g/mol. The molecule has 1 fully saturated rings. The summed E-state index contributed by atoms with van der Waals surface area (Å²) >= 11 is 0. The van der Waals surface area contributed by atoms with Gasteiger partial charge >= 0.3 is 0 Å². The number of ether oxygens (including phenoxy) is 1. The van der Waals surface area contributed by atoms with Crippen LogP contribution in [-0.2, 0) is 4.74 Å². The van der Waals surface area contributed by atoms with Crippen LogP contribution in [0.3, 0.4) is 0 Å². The van der Waals surface area contributed by atoms with E-state index >= 15 is 0 Å². The SMILES string of the molecule is C#Cc1cc(N2CCOCC2)nc2c(-c3ccn[nH]3)nccc12. The summed E-state index contributed by atoms with van der Waals surface area (Å²) in [6.07, 6.45) is 9.17. The zero-order valence-electron chi connectivity index (χ0n) is 12.5. The fraction of sp³-hybridized carbons (Fsp3) is 0.235. The molecule has 0 bridgehead atoms. The van der Waals surface area contributed by atoms with Gasteiger partial charge in [-0.1, -0.05) is 5.92 Å². The number of H-pyrrole nitrogens is 1. The summed E-state index contributed by atoms with van der Waals surface area (Å²) in [5.41, 5.74) is 3.19. The first-order valence-corrected chi connectivity index (χ1v) is 7.45. The van der Waals surface area contributed by atoms with Gasteiger partial charge in [-0.05, 0) is 18.2 Å². The van der Waals surface area contributed by atoms with E-state index in [1.165, 1.54) is 0 Å². The average molecular weight is 305 g/mol. The normalized spacial score (nSPS) is 14.8. The molecule has 0 saturated carbocycles. The van der Waals surface area contributed by atoms with E-state index < -0.39 is 0 Å². The van der Waals surface area contributed by atoms with E-state index in [9.17, 15) is 0 Å². The van der Waals surface area contributed by atoms with Gasteiger partial charge in [0, 0.05) is 36.4 Å². The van der Waals surface area contributed by atoms with Crippen LogP contribution in [-0.4, -0.2) is 46.5 Å². The highest BCUT2D eigenvalue weighted by atomic mass is 16.5. The highest BCUT2D eigenvalue weighted by Gasteiger charge is 2.17. The zero-order valence-corrected chi connectivity index (χ0v) is 12.5. The molecule has 4 heterocycles. The molecule has 0 radical (unpaired) electrons. The Morgan fingerprint density at radius 1 is 1.22 bits per heavy atom. The molecule has 3 aromatic rings. The molecule has 0 aromatic carbocycles. The molecule has 1 aliphatic rings. The summed E-state index contributed by atoms with van der Waals surface area (Å²) < 4.78 is 5.41. The number of terminal acetylenes is 1. The molecule has 4 rings (SSSR count). The number of nitrogens with zero attached hydrogens (tertiary/aromatic N) is 4. The molecule has 6 nitrogen and oxygen atoms in total. The molecule has 0 amide bonds. The molecule has 0 unspecified atom stereocenters. The molecule has 23 heavy (non-hydrogen) atoms. The third kappa shape index (κ3) is 2.41. The largest absolute Gasteiger partial charge is 0.378 e. The van der Waals surface area contributed by atoms with Crippen molar-refractivity contribution in [3.05, 3.63) is 36.2 Å². The first-order chi connectivity index (χ1) is 11.4. The minimum absolute atomic E-state index is 0.700. The van der Waals surface area contributed by atoms with Gasteiger partial charge < -0.3 is 9.64 Å². The summed E-state index contributed by atoms with van der Waals surface area (Å²) in [5.74, 6) is 3.63. The molecule has 6 heteroatoms. The van der Waals surface area contributed by atoms with E-state index in [1.807, 2.05) is 18.2 Å². The Kier molecular flexibility index (Phi) is 3.41. The third-order valence-corrected chi connectivity index (χ3v) is 3.96. The summed E-state index contributed by atoms with van der Waals surface area (Å²) in [4.78, 5) is 11.5. The number of aromatic amines is 1. The van der Waals surface area contributed by atoms with Gasteiger partial charge in [-0.2, -0.15) is 5.10 Å². The monoisotopic (exact) mass is 305 g/mol. The Hall–Kier alpha value is -2.91. The molecule has 0 atom stereocenters. The van der Waals surface area contributed by atoms with E-state index in [4.69, 9.17) is 16.1 Å². The van der Waals surface area contributed by atoms with Gasteiger partial charge in [0.2, 0.25) is 0 Å². The summed E-state index contributed by atoms with van der Waals surface area (Å²) in [6.45, 7) is 3.02. The van der Waals surface area contributed by atoms with Crippen LogP contribution >= 0.6 is 0 Å². The van der Waals surface area contributed by atoms with Crippen molar-refractivity contribution in [1.29, 1.82) is 0 Å². The molecule has 3 aromatic heterocycles. The lowest BCUT2D eigenvalue weighted by Gasteiger charge is -2.28. The smallest absolute Gasteiger partial charge is 0.130 e. The molecule has 114 valence electrons. The van der Waals surface area contributed by atoms with Gasteiger partial charge in [0.25, 0.3) is 0 Å². The van der Waals surface area contributed by atoms with E-state index in [0.717, 1.165) is 46.8 Å². The lowest BCUT2D eigenvalue weighted by molar-refractivity contribution is 0.122. The van der Waals surface area contributed by atoms with Crippen LogP contribution in [0.5, 0.6) is 0 Å². The summed E-state index contributed by atoms with van der Waals surface area (Å²) in [5, 5.41) is 7.86. The molecule has 0 spiro atoms. The zero-order chi connectivity index (χ0) is 15.6. The first kappa shape index (κ1) is 13.7. The number of fused-ring (bicyclic) bond motifs is 1. The molecular formula is C17H15N5O. The summed E-state index contributed by atoms with van der Waals surface area (Å²) in [7, 11) is 0. The molecule has 1 N–H and O–H groups in total. The van der Waals surface area contributed by atoms with E-state index in [2.05, 4.69) is 26.0 Å². The first-order valence-electron chi connectivity index (χ1n) is 7.45. The topological polar surface area (TPSA) is 66.9 Å². The number of morpholine rings is 1. The predicted octanol–water partition coefficient (Wildman–Crippen LogP) is 1.84. The van der Waals surface area contributed by atoms with Crippen LogP contribution in [0, 0.1) is 12.3 Å². The lowest BCUT2D eigenvalue weighted by Crippen LogP contribution is -2.36. The van der Waals surface area contributed by atoms with E-state index in [-0.39, 0.29) is 0 Å². The standard InChI is InChI=1S/C17H15N5O/c1-2-12-11-15(22-7-9-23-10-8-22)20-16-13(12)3-5-18-17(16)14-4-6-19-21-14/h1,3-6,11H,7-10H2,(H,19,21). The third-order valence-electron chi connectivity index (χ3n) is 3.96. The summed E-state index contributed by atoms with van der Waals surface area (Å²) in [6, 6.07) is 5.74. The van der Waals surface area contributed by atoms with Gasteiger partial charge in [0.1, 0.15) is 17.0 Å². The fourth-order valence-electron chi connectivity index (χ4n) is 2.80. The Morgan fingerprint density at radius 3 is 2.83 bits per heavy atom. The van der Waals surface area contributed by atoms with Gasteiger partial charge in [-0.3, -0.25) is 10.1 Å². The minimum Gasteiger partial charge on any atom is -0.378 e. The highest BCUT2D eigenvalue weighted by Crippen LogP contribution is 2.28. The number of pyridine rings is 2. The maximum absolute atomic E-state index is 5.72. The minimum atomic E-state index is 0.700. The van der Waals surface area contributed by atoms with Crippen LogP contribution in [0.15, 0.2) is 30.6 Å². The van der Waals surface area contributed by atoms with Crippen molar-refractivity contribution < 1.29 is 4.74 Å². The van der Waals surface area contributed by atoms with Gasteiger partial charge in [0.15, 0.2) is 0 Å². The van der Waals surface area contributed by atoms with Crippen LogP contribution in [0.1, 0.15) is 5.56 Å². The number of aromatic nitrogens is 4. The van der Waals surface area contributed by atoms with E-state index in [0.29, 0.717) is 13.2 Å². The Balaban J connectivity index is 1.93. The van der Waals surface area contributed by atoms with Gasteiger partial charge in [-0.15, -0.1) is 6.42 Å². The van der Waals surface area contributed by atoms with Crippen molar-refractivity contribution in [2.75, 3.05) is 31.2 Å². The second-order valence-electron chi connectivity index (χ2n) is 5.30. The molecule has 1 saturated heterocycles. The second-order valence-corrected chi connectivity index (χ2v) is 5.30. The van der Waals surface area contributed by atoms with Crippen LogP contribution in [0.4, 0.5) is 5.82 Å². The molecule has 0 aliphatic carbocycles. The van der Waals surface area contributed by atoms with Gasteiger partial charge in [-0.25, -0.2) is 4.98 Å². The van der Waals surface area contributed by atoms with Crippen molar-refractivity contribution in [2.45, 2.75) is 0 Å². The number of rotatable bonds is 2. The van der Waals surface area contributed by atoms with Gasteiger partial charge in [0.05, 0.1) is 18.9 Å². The molecule has 1 aliphatic heterocycles. The van der Waals surface area contributed by atoms with Crippen molar-refractivity contribution in [2.24, 2.45) is 0 Å². The number of nitrogens with one attached hydrogen (secondary N) is 1. The van der Waals surface area contributed by atoms with Crippen molar-refractivity contribution in [3.8, 4) is 23.7 Å². The number of hydrogen-bond donors (Lipinski definition) is 1. The Morgan fingerprint density at radius 2 is 2.09 bits per heavy atom. The number of anilines is 1. The van der Waals surface area contributed by atoms with Crippen molar-refractivity contribution in [1.82, 2.24) is 20.2 Å². The lowest BCUT2D eigenvalue weighted by atomic mass is 10.1. The number of hydrogen-bond acceptors (Lipinski definition) is 5. The van der Waals surface area contributed by atoms with E-state index in [1.54, 1.807) is 12.4 Å². The Labute approximate surface area is 133 Å². The Bertz CT molecular complexity index is 876. The van der Waals surface area contributed by atoms with Crippen LogP contribution in [0.2, 0.25) is 0 Å². The average Bonchev–Trinajstić information content (AvgIpc) is 3.15. The maximum atomic E-state index is 5.72. The second kappa shape index (κ2) is 5.71. The van der Waals surface area contributed by atoms with Crippen molar-refractivity contribution >= 4 is 16.7 Å².